The van der Waals surface area contributed by atoms with Gasteiger partial charge in [0, 0.05) is 25.3 Å². The average molecular weight is 218 g/mol. The number of anilines is 1. The van der Waals surface area contributed by atoms with E-state index in [0.29, 0.717) is 6.04 Å². The van der Waals surface area contributed by atoms with Gasteiger partial charge in [0.15, 0.2) is 0 Å². The van der Waals surface area contributed by atoms with Gasteiger partial charge in [-0.3, -0.25) is 4.99 Å². The van der Waals surface area contributed by atoms with Gasteiger partial charge in [0.05, 0.1) is 6.04 Å². The highest BCUT2D eigenvalue weighted by Gasteiger charge is 2.21. The predicted molar refractivity (Wildman–Crippen MR) is 67.7 cm³/mol. The number of hydrogen-bond donors (Lipinski definition) is 2. The molecule has 1 saturated carbocycles. The number of nitrogens with one attached hydrogen (secondary N) is 1. The second-order valence-corrected chi connectivity index (χ2v) is 4.29. The molecule has 4 nitrogen and oxygen atoms in total. The van der Waals surface area contributed by atoms with Crippen LogP contribution in [0.1, 0.15) is 18.4 Å². The monoisotopic (exact) mass is 218 g/mol. The molecular weight excluding hydrogens is 200 g/mol. The summed E-state index contributed by atoms with van der Waals surface area (Å²) in [6, 6.07) is 8.68. The van der Waals surface area contributed by atoms with E-state index in [4.69, 9.17) is 5.84 Å². The first-order valence-electron chi connectivity index (χ1n) is 5.53. The number of rotatable bonds is 3. The van der Waals surface area contributed by atoms with Crippen molar-refractivity contribution in [3.63, 3.8) is 0 Å². The molecular formula is C12H18N4. The number of amidine groups is 1. The SMILES string of the molecule is CN(C)c1ccc(C(=NC2CC2)NN)cc1. The molecule has 0 spiro atoms. The summed E-state index contributed by atoms with van der Waals surface area (Å²) in [5, 5.41) is 0. The minimum atomic E-state index is 0.472. The van der Waals surface area contributed by atoms with Crippen molar-refractivity contribution in [3.8, 4) is 0 Å². The lowest BCUT2D eigenvalue weighted by Crippen LogP contribution is -2.31. The van der Waals surface area contributed by atoms with Crippen molar-refractivity contribution in [2.24, 2.45) is 10.8 Å². The number of nitrogens with two attached hydrogens (primary N) is 1. The standard InChI is InChI=1S/C12H18N4/c1-16(2)11-7-3-9(4-8-11)12(15-13)14-10-5-6-10/h3-4,7-8,10H,5-6,13H2,1-2H3,(H,14,15). The number of aliphatic imine (C=N–C) groups is 1. The summed E-state index contributed by atoms with van der Waals surface area (Å²) in [5.41, 5.74) is 4.89. The Labute approximate surface area is 96.1 Å². The summed E-state index contributed by atoms with van der Waals surface area (Å²) in [6.45, 7) is 0. The second kappa shape index (κ2) is 4.53. The topological polar surface area (TPSA) is 53.6 Å². The van der Waals surface area contributed by atoms with E-state index in [2.05, 4.69) is 27.5 Å². The molecule has 2 rings (SSSR count). The Morgan fingerprint density at radius 1 is 1.31 bits per heavy atom. The molecule has 0 heterocycles. The van der Waals surface area contributed by atoms with Crippen molar-refractivity contribution >= 4 is 11.5 Å². The van der Waals surface area contributed by atoms with Crippen molar-refractivity contribution in [1.29, 1.82) is 0 Å². The number of hydrazine groups is 1. The van der Waals surface area contributed by atoms with Crippen LogP contribution in [0.2, 0.25) is 0 Å². The zero-order valence-electron chi connectivity index (χ0n) is 9.77. The lowest BCUT2D eigenvalue weighted by Gasteiger charge is -2.13. The van der Waals surface area contributed by atoms with E-state index in [-0.39, 0.29) is 0 Å². The fourth-order valence-corrected chi connectivity index (χ4v) is 1.50. The van der Waals surface area contributed by atoms with Crippen LogP contribution in [0.4, 0.5) is 5.69 Å². The van der Waals surface area contributed by atoms with Gasteiger partial charge in [-0.25, -0.2) is 5.84 Å². The molecule has 86 valence electrons. The number of benzene rings is 1. The van der Waals surface area contributed by atoms with Crippen LogP contribution in [0, 0.1) is 0 Å². The van der Waals surface area contributed by atoms with E-state index in [1.54, 1.807) is 0 Å². The molecule has 0 bridgehead atoms. The molecule has 4 heteroatoms. The summed E-state index contributed by atoms with van der Waals surface area (Å²) in [5.74, 6) is 6.27. The maximum Gasteiger partial charge on any atom is 0.142 e. The molecule has 0 radical (unpaired) electrons. The smallest absolute Gasteiger partial charge is 0.142 e. The fourth-order valence-electron chi connectivity index (χ4n) is 1.50. The molecule has 1 aliphatic carbocycles. The Hall–Kier alpha value is -1.55. The van der Waals surface area contributed by atoms with Crippen molar-refractivity contribution < 1.29 is 0 Å². The van der Waals surface area contributed by atoms with Crippen molar-refractivity contribution in [1.82, 2.24) is 5.43 Å². The van der Waals surface area contributed by atoms with Gasteiger partial charge in [-0.15, -0.1) is 0 Å². The largest absolute Gasteiger partial charge is 0.378 e. The minimum absolute atomic E-state index is 0.472. The van der Waals surface area contributed by atoms with Crippen molar-refractivity contribution in [2.45, 2.75) is 18.9 Å². The zero-order valence-corrected chi connectivity index (χ0v) is 9.77. The van der Waals surface area contributed by atoms with E-state index in [1.165, 1.54) is 18.5 Å². The molecule has 1 aromatic rings. The maximum absolute atomic E-state index is 5.49. The van der Waals surface area contributed by atoms with E-state index in [9.17, 15) is 0 Å². The van der Waals surface area contributed by atoms with Crippen LogP contribution in [-0.4, -0.2) is 26.0 Å². The molecule has 0 unspecified atom stereocenters. The molecule has 0 amide bonds. The third-order valence-electron chi connectivity index (χ3n) is 2.65. The van der Waals surface area contributed by atoms with E-state index in [1.807, 2.05) is 26.2 Å². The van der Waals surface area contributed by atoms with Gasteiger partial charge in [0.2, 0.25) is 0 Å². The Morgan fingerprint density at radius 3 is 2.38 bits per heavy atom. The fraction of sp³-hybridized carbons (Fsp3) is 0.417. The number of nitrogens with zero attached hydrogens (tertiary/aromatic N) is 2. The minimum Gasteiger partial charge on any atom is -0.378 e. The summed E-state index contributed by atoms with van der Waals surface area (Å²) in [7, 11) is 4.05. The van der Waals surface area contributed by atoms with Crippen LogP contribution in [0.25, 0.3) is 0 Å². The highest BCUT2D eigenvalue weighted by molar-refractivity contribution is 5.98. The van der Waals surface area contributed by atoms with E-state index >= 15 is 0 Å². The summed E-state index contributed by atoms with van der Waals surface area (Å²) >= 11 is 0. The van der Waals surface area contributed by atoms with Crippen molar-refractivity contribution in [3.05, 3.63) is 29.8 Å². The van der Waals surface area contributed by atoms with Crippen LogP contribution in [0.15, 0.2) is 29.3 Å². The molecule has 0 atom stereocenters. The van der Waals surface area contributed by atoms with Gasteiger partial charge >= 0.3 is 0 Å². The van der Waals surface area contributed by atoms with E-state index in [0.717, 1.165) is 11.4 Å². The lowest BCUT2D eigenvalue weighted by molar-refractivity contribution is 0.971. The molecule has 0 saturated heterocycles. The highest BCUT2D eigenvalue weighted by Crippen LogP contribution is 2.24. The molecule has 16 heavy (non-hydrogen) atoms. The Kier molecular flexibility index (Phi) is 3.10. The first-order valence-corrected chi connectivity index (χ1v) is 5.53. The normalized spacial score (nSPS) is 16.1. The molecule has 3 N–H and O–H groups in total. The first kappa shape index (κ1) is 11.0. The van der Waals surface area contributed by atoms with Crippen LogP contribution in [0.3, 0.4) is 0 Å². The van der Waals surface area contributed by atoms with Gasteiger partial charge in [-0.05, 0) is 37.1 Å². The van der Waals surface area contributed by atoms with Crippen LogP contribution >= 0.6 is 0 Å². The first-order chi connectivity index (χ1) is 7.70. The Bertz CT molecular complexity index is 377. The summed E-state index contributed by atoms with van der Waals surface area (Å²) in [6.07, 6.45) is 2.36. The number of hydrogen-bond acceptors (Lipinski definition) is 3. The summed E-state index contributed by atoms with van der Waals surface area (Å²) < 4.78 is 0. The van der Waals surface area contributed by atoms with Gasteiger partial charge < -0.3 is 10.3 Å². The van der Waals surface area contributed by atoms with Gasteiger partial charge in [0.1, 0.15) is 5.84 Å². The third-order valence-corrected chi connectivity index (χ3v) is 2.65. The average Bonchev–Trinajstić information content (AvgIpc) is 3.10. The van der Waals surface area contributed by atoms with Crippen LogP contribution in [0.5, 0.6) is 0 Å². The molecule has 0 aliphatic heterocycles. The van der Waals surface area contributed by atoms with Gasteiger partial charge in [-0.2, -0.15) is 0 Å². The molecule has 0 aromatic heterocycles. The van der Waals surface area contributed by atoms with E-state index < -0.39 is 0 Å². The predicted octanol–water partition coefficient (Wildman–Crippen LogP) is 1.12. The quantitative estimate of drug-likeness (QED) is 0.346. The molecule has 1 fully saturated rings. The summed E-state index contributed by atoms with van der Waals surface area (Å²) in [4.78, 5) is 6.59. The Balaban J connectivity index is 2.18. The van der Waals surface area contributed by atoms with Crippen LogP contribution < -0.4 is 16.2 Å². The van der Waals surface area contributed by atoms with Crippen molar-refractivity contribution in [2.75, 3.05) is 19.0 Å². The second-order valence-electron chi connectivity index (χ2n) is 4.29. The lowest BCUT2D eigenvalue weighted by atomic mass is 10.2. The zero-order chi connectivity index (χ0) is 11.5. The van der Waals surface area contributed by atoms with Crippen LogP contribution in [-0.2, 0) is 0 Å². The Morgan fingerprint density at radius 2 is 1.94 bits per heavy atom. The molecule has 1 aromatic carbocycles. The molecule has 1 aliphatic rings. The van der Waals surface area contributed by atoms with Gasteiger partial charge in [-0.1, -0.05) is 0 Å². The maximum atomic E-state index is 5.49. The highest BCUT2D eigenvalue weighted by atomic mass is 15.3. The van der Waals surface area contributed by atoms with Gasteiger partial charge in [0.25, 0.3) is 0 Å². The third kappa shape index (κ3) is 2.52.